The predicted molar refractivity (Wildman–Crippen MR) is 114 cm³/mol. The van der Waals surface area contributed by atoms with Crippen molar-refractivity contribution in [1.82, 2.24) is 0 Å². The fourth-order valence-corrected chi connectivity index (χ4v) is 2.75. The van der Waals surface area contributed by atoms with Crippen LogP contribution in [0.4, 0.5) is 0 Å². The lowest BCUT2D eigenvalue weighted by Crippen LogP contribution is -2.01. The Bertz CT molecular complexity index is 814. The van der Waals surface area contributed by atoms with E-state index in [1.54, 1.807) is 12.4 Å². The van der Waals surface area contributed by atoms with E-state index in [4.69, 9.17) is 0 Å². The molecule has 3 rings (SSSR count). The third kappa shape index (κ3) is 5.98. The monoisotopic (exact) mass is 372 g/mol. The van der Waals surface area contributed by atoms with Gasteiger partial charge in [-0.05, 0) is 22.3 Å². The van der Waals surface area contributed by atoms with Crippen molar-refractivity contribution in [3.05, 3.63) is 107 Å². The van der Waals surface area contributed by atoms with Gasteiger partial charge in [-0.2, -0.15) is 0 Å². The number of aliphatic hydroxyl groups excluding tert-OH is 2. The Hall–Kier alpha value is -3.08. The molecule has 0 aliphatic carbocycles. The zero-order chi connectivity index (χ0) is 19.6. The van der Waals surface area contributed by atoms with E-state index in [2.05, 4.69) is 9.98 Å². The molecule has 0 radical (unpaired) electrons. The molecule has 0 aliphatic rings. The molecule has 2 atom stereocenters. The van der Waals surface area contributed by atoms with E-state index >= 15 is 0 Å². The van der Waals surface area contributed by atoms with E-state index in [9.17, 15) is 10.2 Å². The molecule has 28 heavy (non-hydrogen) atoms. The van der Waals surface area contributed by atoms with Crippen LogP contribution in [-0.2, 0) is 0 Å². The Kier molecular flexibility index (Phi) is 7.24. The minimum Gasteiger partial charge on any atom is -0.386 e. The topological polar surface area (TPSA) is 65.2 Å². The number of aliphatic hydroxyl groups is 2. The number of benzene rings is 3. The first-order valence-electron chi connectivity index (χ1n) is 9.28. The van der Waals surface area contributed by atoms with Crippen LogP contribution < -0.4 is 0 Å². The maximum atomic E-state index is 10.1. The van der Waals surface area contributed by atoms with Gasteiger partial charge < -0.3 is 10.2 Å². The number of hydrogen-bond acceptors (Lipinski definition) is 4. The van der Waals surface area contributed by atoms with E-state index in [0.29, 0.717) is 13.1 Å². The van der Waals surface area contributed by atoms with E-state index in [0.717, 1.165) is 22.3 Å². The van der Waals surface area contributed by atoms with Crippen molar-refractivity contribution >= 4 is 12.4 Å². The van der Waals surface area contributed by atoms with Crippen LogP contribution >= 0.6 is 0 Å². The van der Waals surface area contributed by atoms with Gasteiger partial charge in [0.1, 0.15) is 0 Å². The SMILES string of the molecule is O[C@H](CN=Cc1ccc(C=NC[C@H](O)c2ccccc2)cc1)c1ccccc1. The lowest BCUT2D eigenvalue weighted by molar-refractivity contribution is 0.187. The number of aliphatic imine (C=N–C) groups is 2. The molecule has 142 valence electrons. The molecule has 0 aliphatic heterocycles. The van der Waals surface area contributed by atoms with Gasteiger partial charge >= 0.3 is 0 Å². The van der Waals surface area contributed by atoms with Crippen LogP contribution in [0.1, 0.15) is 34.5 Å². The summed E-state index contributed by atoms with van der Waals surface area (Å²) in [6.45, 7) is 0.648. The van der Waals surface area contributed by atoms with Gasteiger partial charge in [-0.25, -0.2) is 0 Å². The fraction of sp³-hybridized carbons (Fsp3) is 0.167. The van der Waals surface area contributed by atoms with Crippen molar-refractivity contribution < 1.29 is 10.2 Å². The third-order valence-corrected chi connectivity index (χ3v) is 4.34. The highest BCUT2D eigenvalue weighted by molar-refractivity contribution is 5.84. The molecule has 0 amide bonds. The molecular formula is C24H24N2O2. The molecule has 0 bridgehead atoms. The molecule has 2 N–H and O–H groups in total. The average molecular weight is 372 g/mol. The summed E-state index contributed by atoms with van der Waals surface area (Å²) < 4.78 is 0. The zero-order valence-electron chi connectivity index (χ0n) is 15.6. The highest BCUT2D eigenvalue weighted by Gasteiger charge is 2.05. The van der Waals surface area contributed by atoms with E-state index < -0.39 is 12.2 Å². The van der Waals surface area contributed by atoms with Crippen molar-refractivity contribution in [2.75, 3.05) is 13.1 Å². The average Bonchev–Trinajstić information content (AvgIpc) is 2.76. The molecule has 3 aromatic rings. The molecule has 4 heteroatoms. The Balaban J connectivity index is 1.49. The van der Waals surface area contributed by atoms with Crippen LogP contribution in [0, 0.1) is 0 Å². The first-order chi connectivity index (χ1) is 13.7. The zero-order valence-corrected chi connectivity index (χ0v) is 15.6. The normalized spacial score (nSPS) is 13.8. The summed E-state index contributed by atoms with van der Waals surface area (Å²) in [4.78, 5) is 8.65. The summed E-state index contributed by atoms with van der Waals surface area (Å²) in [5.74, 6) is 0. The van der Waals surface area contributed by atoms with E-state index in [1.807, 2.05) is 84.9 Å². The molecule has 4 nitrogen and oxygen atoms in total. The molecule has 0 fully saturated rings. The van der Waals surface area contributed by atoms with Crippen LogP contribution in [0.5, 0.6) is 0 Å². The van der Waals surface area contributed by atoms with Crippen molar-refractivity contribution in [3.63, 3.8) is 0 Å². The van der Waals surface area contributed by atoms with Gasteiger partial charge in [-0.15, -0.1) is 0 Å². The summed E-state index contributed by atoms with van der Waals surface area (Å²) in [5, 5.41) is 20.2. The Morgan fingerprint density at radius 2 is 0.929 bits per heavy atom. The summed E-state index contributed by atoms with van der Waals surface area (Å²) >= 11 is 0. The lowest BCUT2D eigenvalue weighted by atomic mass is 10.1. The minimum atomic E-state index is -0.597. The molecular weight excluding hydrogens is 348 g/mol. The molecule has 0 saturated carbocycles. The minimum absolute atomic E-state index is 0.324. The Morgan fingerprint density at radius 3 is 1.29 bits per heavy atom. The van der Waals surface area contributed by atoms with Gasteiger partial charge in [-0.3, -0.25) is 9.98 Å². The van der Waals surface area contributed by atoms with Crippen LogP contribution in [0.25, 0.3) is 0 Å². The number of nitrogens with zero attached hydrogens (tertiary/aromatic N) is 2. The summed E-state index contributed by atoms with van der Waals surface area (Å²) in [5.41, 5.74) is 3.65. The second kappa shape index (κ2) is 10.3. The second-order valence-corrected chi connectivity index (χ2v) is 6.51. The van der Waals surface area contributed by atoms with Gasteiger partial charge in [0.25, 0.3) is 0 Å². The van der Waals surface area contributed by atoms with Crippen molar-refractivity contribution in [3.8, 4) is 0 Å². The summed E-state index contributed by atoms with van der Waals surface area (Å²) in [6, 6.07) is 26.8. The predicted octanol–water partition coefficient (Wildman–Crippen LogP) is 3.99. The highest BCUT2D eigenvalue weighted by Crippen LogP contribution is 2.13. The van der Waals surface area contributed by atoms with Gasteiger partial charge in [0, 0.05) is 12.4 Å². The highest BCUT2D eigenvalue weighted by atomic mass is 16.3. The van der Waals surface area contributed by atoms with Crippen LogP contribution in [0.15, 0.2) is 94.9 Å². The second-order valence-electron chi connectivity index (χ2n) is 6.51. The van der Waals surface area contributed by atoms with Gasteiger partial charge in [-0.1, -0.05) is 84.9 Å². The smallest absolute Gasteiger partial charge is 0.0985 e. The number of hydrogen-bond donors (Lipinski definition) is 2. The molecule has 0 spiro atoms. The molecule has 0 aromatic heterocycles. The van der Waals surface area contributed by atoms with Gasteiger partial charge in [0.05, 0.1) is 25.3 Å². The van der Waals surface area contributed by atoms with E-state index in [-0.39, 0.29) is 0 Å². The van der Waals surface area contributed by atoms with Crippen LogP contribution in [-0.4, -0.2) is 35.7 Å². The Labute approximate surface area is 165 Å². The first-order valence-corrected chi connectivity index (χ1v) is 9.28. The van der Waals surface area contributed by atoms with Gasteiger partial charge in [0.15, 0.2) is 0 Å². The standard InChI is InChI=1S/C24H24N2O2/c27-23(21-7-3-1-4-8-21)17-25-15-19-11-13-20(14-12-19)16-26-18-24(28)22-9-5-2-6-10-22/h1-16,23-24,27-28H,17-18H2/t23-,24+. The molecule has 0 heterocycles. The maximum Gasteiger partial charge on any atom is 0.0985 e. The molecule has 0 unspecified atom stereocenters. The lowest BCUT2D eigenvalue weighted by Gasteiger charge is -2.07. The molecule has 3 aromatic carbocycles. The summed E-state index contributed by atoms with van der Waals surface area (Å²) in [7, 11) is 0. The largest absolute Gasteiger partial charge is 0.386 e. The van der Waals surface area contributed by atoms with Crippen molar-refractivity contribution in [1.29, 1.82) is 0 Å². The molecule has 0 saturated heterocycles. The van der Waals surface area contributed by atoms with E-state index in [1.165, 1.54) is 0 Å². The van der Waals surface area contributed by atoms with Gasteiger partial charge in [0.2, 0.25) is 0 Å². The van der Waals surface area contributed by atoms with Crippen LogP contribution in [0.2, 0.25) is 0 Å². The quantitative estimate of drug-likeness (QED) is 0.587. The number of rotatable bonds is 8. The summed E-state index contributed by atoms with van der Waals surface area (Å²) in [6.07, 6.45) is 2.32. The fourth-order valence-electron chi connectivity index (χ4n) is 2.75. The Morgan fingerprint density at radius 1 is 0.571 bits per heavy atom. The first kappa shape index (κ1) is 19.7. The van der Waals surface area contributed by atoms with Crippen molar-refractivity contribution in [2.45, 2.75) is 12.2 Å². The van der Waals surface area contributed by atoms with Crippen LogP contribution in [0.3, 0.4) is 0 Å². The third-order valence-electron chi connectivity index (χ3n) is 4.34. The van der Waals surface area contributed by atoms with Crippen molar-refractivity contribution in [2.24, 2.45) is 9.98 Å². The maximum absolute atomic E-state index is 10.1.